The second-order valence-corrected chi connectivity index (χ2v) is 4.82. The van der Waals surface area contributed by atoms with Crippen molar-refractivity contribution in [2.45, 2.75) is 5.75 Å². The van der Waals surface area contributed by atoms with Crippen LogP contribution in [0.5, 0.6) is 0 Å². The van der Waals surface area contributed by atoms with Crippen molar-refractivity contribution in [2.24, 2.45) is 0 Å². The molecule has 0 aromatic carbocycles. The highest BCUT2D eigenvalue weighted by Gasteiger charge is 2.08. The molecule has 0 saturated heterocycles. The minimum Gasteiger partial charge on any atom is -0.396 e. The zero-order valence-electron chi connectivity index (χ0n) is 7.92. The Hall–Kier alpha value is -0.850. The molecule has 2 aromatic heterocycles. The Labute approximate surface area is 95.3 Å². The molecule has 0 saturated carbocycles. The van der Waals surface area contributed by atoms with Crippen LogP contribution in [0.3, 0.4) is 0 Å². The third-order valence-electron chi connectivity index (χ3n) is 1.67. The number of nitrogens with zero attached hydrogens (tertiary/aromatic N) is 2. The van der Waals surface area contributed by atoms with Crippen LogP contribution in [0.4, 0.5) is 0 Å². The molecule has 6 heteroatoms. The summed E-state index contributed by atoms with van der Waals surface area (Å²) in [6.07, 6.45) is 0. The van der Waals surface area contributed by atoms with Crippen molar-refractivity contribution in [1.82, 2.24) is 10.1 Å². The summed E-state index contributed by atoms with van der Waals surface area (Å²) < 4.78 is 5.11. The average molecular weight is 242 g/mol. The van der Waals surface area contributed by atoms with E-state index in [4.69, 9.17) is 9.63 Å². The molecule has 2 rings (SSSR count). The molecule has 0 fully saturated rings. The first kappa shape index (κ1) is 10.7. The van der Waals surface area contributed by atoms with Gasteiger partial charge in [0.2, 0.25) is 0 Å². The largest absolute Gasteiger partial charge is 0.396 e. The number of aliphatic hydroxyl groups is 1. The van der Waals surface area contributed by atoms with E-state index < -0.39 is 0 Å². The van der Waals surface area contributed by atoms with Gasteiger partial charge in [0, 0.05) is 5.75 Å². The van der Waals surface area contributed by atoms with Crippen LogP contribution in [0.25, 0.3) is 10.8 Å². The van der Waals surface area contributed by atoms with Crippen molar-refractivity contribution >= 4 is 23.1 Å². The van der Waals surface area contributed by atoms with Crippen molar-refractivity contribution in [2.75, 3.05) is 12.4 Å². The average Bonchev–Trinajstić information content (AvgIpc) is 2.87. The standard InChI is InChI=1S/C9H10N2O2S2/c12-3-5-14-6-8-10-9(13-11-8)7-2-1-4-15-7/h1-2,4,12H,3,5-6H2. The molecule has 80 valence electrons. The monoisotopic (exact) mass is 242 g/mol. The summed E-state index contributed by atoms with van der Waals surface area (Å²) in [5.41, 5.74) is 0. The number of aliphatic hydroxyl groups excluding tert-OH is 1. The van der Waals surface area contributed by atoms with E-state index in [1.807, 2.05) is 17.5 Å². The van der Waals surface area contributed by atoms with E-state index in [-0.39, 0.29) is 6.61 Å². The number of aromatic nitrogens is 2. The molecular formula is C9H10N2O2S2. The Morgan fingerprint density at radius 1 is 1.53 bits per heavy atom. The van der Waals surface area contributed by atoms with Gasteiger partial charge < -0.3 is 9.63 Å². The quantitative estimate of drug-likeness (QED) is 0.813. The third kappa shape index (κ3) is 2.80. The fourth-order valence-electron chi connectivity index (χ4n) is 1.04. The maximum atomic E-state index is 8.62. The lowest BCUT2D eigenvalue weighted by Crippen LogP contribution is -1.89. The van der Waals surface area contributed by atoms with Gasteiger partial charge >= 0.3 is 0 Å². The van der Waals surface area contributed by atoms with Crippen LogP contribution in [0.1, 0.15) is 5.82 Å². The molecule has 0 aliphatic carbocycles. The van der Waals surface area contributed by atoms with Crippen molar-refractivity contribution < 1.29 is 9.63 Å². The summed E-state index contributed by atoms with van der Waals surface area (Å²) in [5.74, 6) is 2.62. The van der Waals surface area contributed by atoms with Crippen LogP contribution >= 0.6 is 23.1 Å². The molecule has 0 amide bonds. The molecule has 0 unspecified atom stereocenters. The summed E-state index contributed by atoms with van der Waals surface area (Å²) in [7, 11) is 0. The van der Waals surface area contributed by atoms with Crippen LogP contribution in [0.2, 0.25) is 0 Å². The molecule has 15 heavy (non-hydrogen) atoms. The normalized spacial score (nSPS) is 10.7. The number of thioether (sulfide) groups is 1. The third-order valence-corrected chi connectivity index (χ3v) is 3.46. The minimum absolute atomic E-state index is 0.181. The lowest BCUT2D eigenvalue weighted by molar-refractivity contribution is 0.322. The molecule has 0 radical (unpaired) electrons. The molecule has 4 nitrogen and oxygen atoms in total. The summed E-state index contributed by atoms with van der Waals surface area (Å²) in [6.45, 7) is 0.181. The smallest absolute Gasteiger partial charge is 0.268 e. The van der Waals surface area contributed by atoms with E-state index in [2.05, 4.69) is 10.1 Å². The molecule has 0 bridgehead atoms. The van der Waals surface area contributed by atoms with Gasteiger partial charge in [0.1, 0.15) is 0 Å². The molecule has 1 N–H and O–H groups in total. The fourth-order valence-corrected chi connectivity index (χ4v) is 2.26. The molecule has 0 spiro atoms. The van der Waals surface area contributed by atoms with Gasteiger partial charge in [-0.25, -0.2) is 0 Å². The van der Waals surface area contributed by atoms with Crippen molar-refractivity contribution in [1.29, 1.82) is 0 Å². The highest BCUT2D eigenvalue weighted by Crippen LogP contribution is 2.23. The molecule has 2 heterocycles. The first-order valence-corrected chi connectivity index (χ1v) is 6.48. The van der Waals surface area contributed by atoms with E-state index in [0.717, 1.165) is 4.88 Å². The topological polar surface area (TPSA) is 59.2 Å². The maximum absolute atomic E-state index is 8.62. The molecular weight excluding hydrogens is 232 g/mol. The summed E-state index contributed by atoms with van der Waals surface area (Å²) in [6, 6.07) is 3.90. The van der Waals surface area contributed by atoms with Gasteiger partial charge in [-0.15, -0.1) is 11.3 Å². The predicted molar refractivity (Wildman–Crippen MR) is 60.9 cm³/mol. The van der Waals surface area contributed by atoms with Gasteiger partial charge in [0.05, 0.1) is 17.2 Å². The minimum atomic E-state index is 0.181. The van der Waals surface area contributed by atoms with Crippen LogP contribution in [-0.4, -0.2) is 27.6 Å². The molecule has 0 atom stereocenters. The highest BCUT2D eigenvalue weighted by molar-refractivity contribution is 7.98. The van der Waals surface area contributed by atoms with Crippen molar-refractivity contribution in [3.63, 3.8) is 0 Å². The Kier molecular flexibility index (Phi) is 3.76. The zero-order chi connectivity index (χ0) is 10.5. The van der Waals surface area contributed by atoms with Crippen LogP contribution < -0.4 is 0 Å². The Bertz CT molecular complexity index is 400. The van der Waals surface area contributed by atoms with E-state index in [9.17, 15) is 0 Å². The summed E-state index contributed by atoms with van der Waals surface area (Å²) >= 11 is 3.16. The van der Waals surface area contributed by atoms with Gasteiger partial charge in [-0.1, -0.05) is 11.2 Å². The lowest BCUT2D eigenvalue weighted by atomic mass is 10.5. The highest BCUT2D eigenvalue weighted by atomic mass is 32.2. The van der Waals surface area contributed by atoms with Crippen molar-refractivity contribution in [3.05, 3.63) is 23.3 Å². The van der Waals surface area contributed by atoms with E-state index in [0.29, 0.717) is 23.2 Å². The lowest BCUT2D eigenvalue weighted by Gasteiger charge is -1.91. The van der Waals surface area contributed by atoms with Gasteiger partial charge in [0.15, 0.2) is 5.82 Å². The van der Waals surface area contributed by atoms with E-state index in [1.54, 1.807) is 23.1 Å². The Morgan fingerprint density at radius 3 is 3.20 bits per heavy atom. The molecule has 0 aliphatic rings. The van der Waals surface area contributed by atoms with Crippen LogP contribution in [-0.2, 0) is 5.75 Å². The predicted octanol–water partition coefficient (Wildman–Crippen LogP) is 2.02. The number of hydrogen-bond acceptors (Lipinski definition) is 6. The molecule has 0 aliphatic heterocycles. The zero-order valence-corrected chi connectivity index (χ0v) is 9.55. The maximum Gasteiger partial charge on any atom is 0.268 e. The number of rotatable bonds is 5. The van der Waals surface area contributed by atoms with E-state index in [1.165, 1.54) is 0 Å². The first-order chi connectivity index (χ1) is 7.40. The SMILES string of the molecule is OCCSCc1noc(-c2cccs2)n1. The van der Waals surface area contributed by atoms with Gasteiger partial charge in [-0.3, -0.25) is 0 Å². The van der Waals surface area contributed by atoms with Crippen LogP contribution in [0.15, 0.2) is 22.0 Å². The Morgan fingerprint density at radius 2 is 2.47 bits per heavy atom. The first-order valence-electron chi connectivity index (χ1n) is 4.45. The van der Waals surface area contributed by atoms with Crippen LogP contribution in [0, 0.1) is 0 Å². The van der Waals surface area contributed by atoms with Gasteiger partial charge in [-0.2, -0.15) is 16.7 Å². The summed E-state index contributed by atoms with van der Waals surface area (Å²) in [5, 5.41) is 14.5. The second-order valence-electron chi connectivity index (χ2n) is 2.77. The van der Waals surface area contributed by atoms with Gasteiger partial charge in [0.25, 0.3) is 5.89 Å². The Balaban J connectivity index is 1.98. The van der Waals surface area contributed by atoms with E-state index >= 15 is 0 Å². The molecule has 2 aromatic rings. The fraction of sp³-hybridized carbons (Fsp3) is 0.333. The second kappa shape index (κ2) is 5.29. The van der Waals surface area contributed by atoms with Crippen molar-refractivity contribution in [3.8, 4) is 10.8 Å². The number of hydrogen-bond donors (Lipinski definition) is 1. The number of thiophene rings is 1. The summed E-state index contributed by atoms with van der Waals surface area (Å²) in [4.78, 5) is 5.24. The van der Waals surface area contributed by atoms with Gasteiger partial charge in [-0.05, 0) is 11.4 Å².